The van der Waals surface area contributed by atoms with Gasteiger partial charge in [-0.3, -0.25) is 13.5 Å². The van der Waals surface area contributed by atoms with Crippen molar-refractivity contribution in [1.29, 1.82) is 0 Å². The fourth-order valence-electron chi connectivity index (χ4n) is 2.42. The minimum Gasteiger partial charge on any atom is -0.360 e. The third-order valence-corrected chi connectivity index (χ3v) is 4.52. The zero-order chi connectivity index (χ0) is 16.4. The Morgan fingerprint density at radius 1 is 1.43 bits per heavy atom. The van der Waals surface area contributed by atoms with E-state index >= 15 is 0 Å². The summed E-state index contributed by atoms with van der Waals surface area (Å²) in [6.07, 6.45) is 3.83. The first kappa shape index (κ1) is 16.5. The predicted octanol–water partition coefficient (Wildman–Crippen LogP) is 3.24. The molecule has 0 bridgehead atoms. The van der Waals surface area contributed by atoms with Crippen LogP contribution >= 0.6 is 15.9 Å². The van der Waals surface area contributed by atoms with Gasteiger partial charge < -0.3 is 4.52 Å². The fraction of sp³-hybridized carbons (Fsp3) is 0.333. The first-order chi connectivity index (χ1) is 11.1. The number of carbonyl (C=O) groups is 1. The minimum atomic E-state index is -2.31. The lowest BCUT2D eigenvalue weighted by molar-refractivity contribution is 0.103. The molecule has 0 amide bonds. The molecule has 1 heterocycles. The van der Waals surface area contributed by atoms with Crippen LogP contribution in [0.4, 0.5) is 0 Å². The van der Waals surface area contributed by atoms with Crippen LogP contribution in [0.5, 0.6) is 0 Å². The summed E-state index contributed by atoms with van der Waals surface area (Å²) in [5.74, 6) is 0.785. The molecule has 0 radical (unpaired) electrons. The van der Waals surface area contributed by atoms with Crippen molar-refractivity contribution >= 4 is 33.1 Å². The average molecular weight is 400 g/mol. The van der Waals surface area contributed by atoms with Crippen LogP contribution < -0.4 is 0 Å². The number of benzene rings is 1. The molecular formula is C15H14BrNO5S. The van der Waals surface area contributed by atoms with Crippen LogP contribution in [0.25, 0.3) is 0 Å². The van der Waals surface area contributed by atoms with Gasteiger partial charge in [0.1, 0.15) is 0 Å². The molecule has 1 aliphatic rings. The molecule has 23 heavy (non-hydrogen) atoms. The van der Waals surface area contributed by atoms with Gasteiger partial charge in [-0.1, -0.05) is 21.1 Å². The van der Waals surface area contributed by atoms with Crippen molar-refractivity contribution in [2.45, 2.75) is 25.2 Å². The van der Waals surface area contributed by atoms with Gasteiger partial charge in [0.25, 0.3) is 0 Å². The number of aromatic nitrogens is 1. The van der Waals surface area contributed by atoms with Crippen LogP contribution in [0.3, 0.4) is 0 Å². The molecule has 1 saturated carbocycles. The zero-order valence-electron chi connectivity index (χ0n) is 12.0. The van der Waals surface area contributed by atoms with Crippen molar-refractivity contribution in [3.05, 3.63) is 51.3 Å². The van der Waals surface area contributed by atoms with E-state index in [-0.39, 0.29) is 18.3 Å². The Morgan fingerprint density at radius 3 is 2.91 bits per heavy atom. The topological polar surface area (TPSA) is 89.6 Å². The molecule has 122 valence electrons. The smallest absolute Gasteiger partial charge is 0.301 e. The fourth-order valence-corrected chi connectivity index (χ4v) is 3.05. The molecule has 0 spiro atoms. The van der Waals surface area contributed by atoms with Gasteiger partial charge in [-0.25, -0.2) is 0 Å². The maximum atomic E-state index is 12.8. The van der Waals surface area contributed by atoms with E-state index in [4.69, 9.17) is 9.08 Å². The Bertz CT molecular complexity index is 756. The van der Waals surface area contributed by atoms with Gasteiger partial charge in [0.2, 0.25) is 0 Å². The van der Waals surface area contributed by atoms with E-state index < -0.39 is 11.4 Å². The number of carbonyl (C=O) groups excluding carboxylic acids is 1. The Hall–Kier alpha value is -1.35. The first-order valence-corrected chi connectivity index (χ1v) is 8.90. The van der Waals surface area contributed by atoms with Gasteiger partial charge in [-0.2, -0.15) is 4.21 Å². The van der Waals surface area contributed by atoms with Crippen molar-refractivity contribution in [3.8, 4) is 0 Å². The number of rotatable bonds is 7. The highest BCUT2D eigenvalue weighted by molar-refractivity contribution is 9.10. The number of nitrogens with zero attached hydrogens (tertiary/aromatic N) is 1. The molecule has 1 aromatic carbocycles. The van der Waals surface area contributed by atoms with E-state index in [1.165, 1.54) is 6.20 Å². The van der Waals surface area contributed by atoms with Gasteiger partial charge in [0.05, 0.1) is 18.4 Å². The summed E-state index contributed by atoms with van der Waals surface area (Å²) in [5.41, 5.74) is 1.74. The summed E-state index contributed by atoms with van der Waals surface area (Å²) >= 11 is 1.06. The highest BCUT2D eigenvalue weighted by Gasteiger charge is 2.33. The lowest BCUT2D eigenvalue weighted by Gasteiger charge is -2.09. The number of hydrogen-bond acceptors (Lipinski definition) is 5. The van der Waals surface area contributed by atoms with Crippen molar-refractivity contribution < 1.29 is 22.3 Å². The molecule has 1 fully saturated rings. The molecule has 1 aromatic heterocycles. The lowest BCUT2D eigenvalue weighted by atomic mass is 9.96. The molecule has 2 aromatic rings. The third-order valence-electron chi connectivity index (χ3n) is 3.66. The van der Waals surface area contributed by atoms with Gasteiger partial charge >= 0.3 is 11.4 Å². The third kappa shape index (κ3) is 3.95. The summed E-state index contributed by atoms with van der Waals surface area (Å²) < 4.78 is 30.0. The quantitative estimate of drug-likeness (QED) is 0.567. The van der Waals surface area contributed by atoms with Crippen LogP contribution in [0.15, 0.2) is 33.4 Å². The van der Waals surface area contributed by atoms with Crippen LogP contribution in [-0.2, 0) is 22.0 Å². The minimum absolute atomic E-state index is 0.0406. The molecule has 1 aliphatic carbocycles. The van der Waals surface area contributed by atoms with Gasteiger partial charge in [-0.05, 0) is 43.0 Å². The second-order valence-electron chi connectivity index (χ2n) is 5.30. The van der Waals surface area contributed by atoms with Crippen molar-refractivity contribution in [1.82, 2.24) is 5.16 Å². The van der Waals surface area contributed by atoms with Crippen molar-refractivity contribution in [2.24, 2.45) is 0 Å². The van der Waals surface area contributed by atoms with Gasteiger partial charge in [0, 0.05) is 16.0 Å². The maximum Gasteiger partial charge on any atom is 0.301 e. The molecule has 6 nitrogen and oxygen atoms in total. The van der Waals surface area contributed by atoms with Gasteiger partial charge in [0.15, 0.2) is 11.5 Å². The van der Waals surface area contributed by atoms with Crippen molar-refractivity contribution in [2.75, 3.05) is 6.61 Å². The summed E-state index contributed by atoms with van der Waals surface area (Å²) in [4.78, 5) is 12.8. The summed E-state index contributed by atoms with van der Waals surface area (Å²) in [5, 5.41) is 3.76. The second kappa shape index (κ2) is 7.04. The normalized spacial score (nSPS) is 15.6. The van der Waals surface area contributed by atoms with Crippen LogP contribution in [0.2, 0.25) is 0 Å². The van der Waals surface area contributed by atoms with Gasteiger partial charge in [-0.15, -0.1) is 0 Å². The molecule has 8 heteroatoms. The van der Waals surface area contributed by atoms with Crippen LogP contribution in [0.1, 0.15) is 46.0 Å². The van der Waals surface area contributed by atoms with E-state index in [9.17, 15) is 9.00 Å². The molecule has 1 unspecified atom stereocenters. The molecule has 1 N–H and O–H groups in total. The van der Waals surface area contributed by atoms with Crippen LogP contribution in [0, 0.1) is 0 Å². The SMILES string of the molecule is O=C(c1ccc(Br)cc1CCOS(=O)O)c1cnoc1C1CC1. The molecular weight excluding hydrogens is 386 g/mol. The zero-order valence-corrected chi connectivity index (χ0v) is 14.4. The Morgan fingerprint density at radius 2 is 2.22 bits per heavy atom. The number of halogens is 1. The van der Waals surface area contributed by atoms with E-state index in [0.29, 0.717) is 23.3 Å². The first-order valence-electron chi connectivity index (χ1n) is 7.08. The molecule has 0 saturated heterocycles. The summed E-state index contributed by atoms with van der Waals surface area (Å²) in [7, 11) is 0. The van der Waals surface area contributed by atoms with E-state index in [1.54, 1.807) is 18.2 Å². The largest absolute Gasteiger partial charge is 0.360 e. The molecule has 0 aliphatic heterocycles. The maximum absolute atomic E-state index is 12.8. The second-order valence-corrected chi connectivity index (χ2v) is 6.88. The van der Waals surface area contributed by atoms with E-state index in [2.05, 4.69) is 25.3 Å². The van der Waals surface area contributed by atoms with Crippen molar-refractivity contribution in [3.63, 3.8) is 0 Å². The summed E-state index contributed by atoms with van der Waals surface area (Å²) in [6.45, 7) is 0.0406. The number of hydrogen-bond donors (Lipinski definition) is 1. The highest BCUT2D eigenvalue weighted by atomic mass is 79.9. The Labute approximate surface area is 143 Å². The summed E-state index contributed by atoms with van der Waals surface area (Å²) in [6, 6.07) is 5.31. The monoisotopic (exact) mass is 399 g/mol. The Balaban J connectivity index is 1.87. The Kier molecular flexibility index (Phi) is 5.05. The lowest BCUT2D eigenvalue weighted by Crippen LogP contribution is -2.09. The van der Waals surface area contributed by atoms with Crippen LogP contribution in [-0.4, -0.2) is 26.3 Å². The van der Waals surface area contributed by atoms with E-state index in [1.807, 2.05) is 0 Å². The van der Waals surface area contributed by atoms with E-state index in [0.717, 1.165) is 22.9 Å². The predicted molar refractivity (Wildman–Crippen MR) is 86.5 cm³/mol. The average Bonchev–Trinajstić information content (AvgIpc) is 3.23. The standard InChI is InChI=1S/C15H14BrNO5S/c16-11-3-4-12(10(7-11)5-6-21-23(19)20)14(18)13-8-17-22-15(13)9-1-2-9/h3-4,7-9H,1-2,5-6H2,(H,19,20). The highest BCUT2D eigenvalue weighted by Crippen LogP contribution is 2.42. The molecule has 3 rings (SSSR count). The number of ketones is 1. The molecule has 1 atom stereocenters.